The van der Waals surface area contributed by atoms with Crippen LogP contribution < -0.4 is 0 Å². The fourth-order valence-corrected chi connectivity index (χ4v) is 4.08. The standard InChI is InChI=1S/C16H23BrClN/c1-13(14-6-5-7-15(18)10-14)19(2)12-16(11-17)8-3-4-9-16/h5-7,10,13H,3-4,8-9,11-12H2,1-2H3. The Morgan fingerprint density at radius 1 is 1.37 bits per heavy atom. The minimum Gasteiger partial charge on any atom is -0.299 e. The van der Waals surface area contributed by atoms with Crippen molar-refractivity contribution in [3.63, 3.8) is 0 Å². The van der Waals surface area contributed by atoms with Crippen molar-refractivity contribution in [2.45, 2.75) is 38.6 Å². The van der Waals surface area contributed by atoms with Gasteiger partial charge in [-0.3, -0.25) is 4.90 Å². The van der Waals surface area contributed by atoms with Crippen LogP contribution in [0.15, 0.2) is 24.3 Å². The van der Waals surface area contributed by atoms with E-state index < -0.39 is 0 Å². The van der Waals surface area contributed by atoms with Crippen molar-refractivity contribution in [2.24, 2.45) is 5.41 Å². The molecule has 0 aromatic heterocycles. The zero-order valence-electron chi connectivity index (χ0n) is 11.8. The first kappa shape index (κ1) is 15.3. The van der Waals surface area contributed by atoms with E-state index in [1.807, 2.05) is 12.1 Å². The van der Waals surface area contributed by atoms with E-state index in [9.17, 15) is 0 Å². The lowest BCUT2D eigenvalue weighted by atomic mass is 9.87. The van der Waals surface area contributed by atoms with Crippen molar-refractivity contribution in [2.75, 3.05) is 18.9 Å². The van der Waals surface area contributed by atoms with Crippen molar-refractivity contribution in [1.82, 2.24) is 4.90 Å². The molecule has 0 heterocycles. The summed E-state index contributed by atoms with van der Waals surface area (Å²) >= 11 is 9.82. The average Bonchev–Trinajstić information content (AvgIpc) is 2.87. The normalized spacial score (nSPS) is 19.8. The zero-order chi connectivity index (χ0) is 13.9. The van der Waals surface area contributed by atoms with Crippen LogP contribution in [0.1, 0.15) is 44.2 Å². The summed E-state index contributed by atoms with van der Waals surface area (Å²) in [6.45, 7) is 3.43. The third-order valence-corrected chi connectivity index (χ3v) is 5.95. The summed E-state index contributed by atoms with van der Waals surface area (Å²) in [7, 11) is 2.23. The molecular weight excluding hydrogens is 322 g/mol. The number of halogens is 2. The number of hydrogen-bond acceptors (Lipinski definition) is 1. The van der Waals surface area contributed by atoms with Gasteiger partial charge in [0.2, 0.25) is 0 Å². The highest BCUT2D eigenvalue weighted by Crippen LogP contribution is 2.41. The maximum absolute atomic E-state index is 6.09. The van der Waals surface area contributed by atoms with Crippen LogP contribution in [0, 0.1) is 5.41 Å². The Morgan fingerprint density at radius 3 is 2.63 bits per heavy atom. The van der Waals surface area contributed by atoms with Gasteiger partial charge in [0.15, 0.2) is 0 Å². The molecule has 1 atom stereocenters. The van der Waals surface area contributed by atoms with E-state index >= 15 is 0 Å². The number of benzene rings is 1. The van der Waals surface area contributed by atoms with Crippen LogP contribution >= 0.6 is 27.5 Å². The molecule has 0 amide bonds. The minimum atomic E-state index is 0.412. The highest BCUT2D eigenvalue weighted by atomic mass is 79.9. The molecule has 1 aliphatic rings. The Hall–Kier alpha value is -0.0500. The highest BCUT2D eigenvalue weighted by molar-refractivity contribution is 9.09. The van der Waals surface area contributed by atoms with Crippen LogP contribution in [0.5, 0.6) is 0 Å². The van der Waals surface area contributed by atoms with Gasteiger partial charge in [-0.2, -0.15) is 0 Å². The number of hydrogen-bond donors (Lipinski definition) is 0. The first-order valence-electron chi connectivity index (χ1n) is 7.08. The molecule has 0 aliphatic heterocycles. The predicted molar refractivity (Wildman–Crippen MR) is 87.2 cm³/mol. The quantitative estimate of drug-likeness (QED) is 0.656. The third-order valence-electron chi connectivity index (χ3n) is 4.52. The summed E-state index contributed by atoms with van der Waals surface area (Å²) in [4.78, 5) is 2.47. The highest BCUT2D eigenvalue weighted by Gasteiger charge is 2.34. The first-order valence-corrected chi connectivity index (χ1v) is 8.58. The molecule has 1 fully saturated rings. The second kappa shape index (κ2) is 6.60. The Morgan fingerprint density at radius 2 is 2.05 bits per heavy atom. The summed E-state index contributed by atoms with van der Waals surface area (Å²) in [6, 6.07) is 8.64. The van der Waals surface area contributed by atoms with Gasteiger partial charge in [-0.05, 0) is 49.9 Å². The van der Waals surface area contributed by atoms with Crippen molar-refractivity contribution in [1.29, 1.82) is 0 Å². The van der Waals surface area contributed by atoms with Crippen molar-refractivity contribution in [3.05, 3.63) is 34.9 Å². The van der Waals surface area contributed by atoms with E-state index in [-0.39, 0.29) is 0 Å². The predicted octanol–water partition coefficient (Wildman–Crippen LogP) is 5.29. The molecule has 1 aliphatic carbocycles. The van der Waals surface area contributed by atoms with Gasteiger partial charge in [-0.15, -0.1) is 0 Å². The molecule has 19 heavy (non-hydrogen) atoms. The molecule has 0 bridgehead atoms. The molecule has 1 unspecified atom stereocenters. The van der Waals surface area contributed by atoms with Crippen LogP contribution in [0.2, 0.25) is 5.02 Å². The van der Waals surface area contributed by atoms with Gasteiger partial charge in [0, 0.05) is 22.9 Å². The summed E-state index contributed by atoms with van der Waals surface area (Å²) in [5.74, 6) is 0. The van der Waals surface area contributed by atoms with Crippen LogP contribution in [-0.4, -0.2) is 23.8 Å². The molecule has 1 aromatic rings. The molecule has 106 valence electrons. The molecule has 0 saturated heterocycles. The van der Waals surface area contributed by atoms with E-state index in [0.717, 1.165) is 16.9 Å². The summed E-state index contributed by atoms with van der Waals surface area (Å²) < 4.78 is 0. The van der Waals surface area contributed by atoms with E-state index in [4.69, 9.17) is 11.6 Å². The average molecular weight is 345 g/mol. The van der Waals surface area contributed by atoms with Crippen molar-refractivity contribution in [3.8, 4) is 0 Å². The topological polar surface area (TPSA) is 3.24 Å². The van der Waals surface area contributed by atoms with Crippen LogP contribution in [0.3, 0.4) is 0 Å². The van der Waals surface area contributed by atoms with Gasteiger partial charge in [-0.25, -0.2) is 0 Å². The number of nitrogens with zero attached hydrogens (tertiary/aromatic N) is 1. The summed E-state index contributed by atoms with van der Waals surface area (Å²) in [5, 5.41) is 1.95. The SMILES string of the molecule is CC(c1cccc(Cl)c1)N(C)CC1(CBr)CCCC1. The molecule has 0 radical (unpaired) electrons. The third kappa shape index (κ3) is 3.74. The van der Waals surface area contributed by atoms with Crippen molar-refractivity contribution < 1.29 is 0 Å². The number of alkyl halides is 1. The molecule has 0 N–H and O–H groups in total. The lowest BCUT2D eigenvalue weighted by Crippen LogP contribution is -2.36. The Balaban J connectivity index is 2.04. The second-order valence-corrected chi connectivity index (χ2v) is 6.98. The van der Waals surface area contributed by atoms with Crippen LogP contribution in [0.25, 0.3) is 0 Å². The monoisotopic (exact) mass is 343 g/mol. The number of rotatable bonds is 5. The molecule has 1 nitrogen and oxygen atoms in total. The summed E-state index contributed by atoms with van der Waals surface area (Å²) in [5.41, 5.74) is 1.78. The smallest absolute Gasteiger partial charge is 0.0409 e. The van der Waals surface area contributed by atoms with Gasteiger partial charge in [0.1, 0.15) is 0 Å². The van der Waals surface area contributed by atoms with E-state index in [1.165, 1.54) is 31.2 Å². The van der Waals surface area contributed by atoms with Crippen molar-refractivity contribution >= 4 is 27.5 Å². The van der Waals surface area contributed by atoms with Crippen LogP contribution in [0.4, 0.5) is 0 Å². The molecule has 2 rings (SSSR count). The molecular formula is C16H23BrClN. The minimum absolute atomic E-state index is 0.412. The molecule has 0 spiro atoms. The fraction of sp³-hybridized carbons (Fsp3) is 0.625. The molecule has 1 aromatic carbocycles. The Labute approximate surface area is 130 Å². The first-order chi connectivity index (χ1) is 9.06. The van der Waals surface area contributed by atoms with E-state index in [0.29, 0.717) is 11.5 Å². The zero-order valence-corrected chi connectivity index (χ0v) is 14.2. The Kier molecular flexibility index (Phi) is 5.33. The van der Waals surface area contributed by atoms with Gasteiger partial charge >= 0.3 is 0 Å². The van der Waals surface area contributed by atoms with E-state index in [1.54, 1.807) is 0 Å². The van der Waals surface area contributed by atoms with Gasteiger partial charge in [-0.1, -0.05) is 52.5 Å². The van der Waals surface area contributed by atoms with Crippen LogP contribution in [-0.2, 0) is 0 Å². The fourth-order valence-electron chi connectivity index (χ4n) is 3.15. The van der Waals surface area contributed by atoms with Gasteiger partial charge in [0.25, 0.3) is 0 Å². The van der Waals surface area contributed by atoms with Gasteiger partial charge in [0.05, 0.1) is 0 Å². The maximum atomic E-state index is 6.09. The maximum Gasteiger partial charge on any atom is 0.0409 e. The lowest BCUT2D eigenvalue weighted by Gasteiger charge is -2.35. The van der Waals surface area contributed by atoms with Gasteiger partial charge < -0.3 is 0 Å². The van der Waals surface area contributed by atoms with E-state index in [2.05, 4.69) is 46.9 Å². The molecule has 1 saturated carbocycles. The lowest BCUT2D eigenvalue weighted by molar-refractivity contribution is 0.164. The molecule has 3 heteroatoms. The second-order valence-electron chi connectivity index (χ2n) is 5.99. The summed E-state index contributed by atoms with van der Waals surface area (Å²) in [6.07, 6.45) is 5.46. The largest absolute Gasteiger partial charge is 0.299 e. The Bertz CT molecular complexity index is 415.